The van der Waals surface area contributed by atoms with E-state index in [1.54, 1.807) is 0 Å². The van der Waals surface area contributed by atoms with Gasteiger partial charge in [-0.3, -0.25) is 0 Å². The van der Waals surface area contributed by atoms with Gasteiger partial charge in [0.15, 0.2) is 14.6 Å². The van der Waals surface area contributed by atoms with E-state index in [4.69, 9.17) is 13.9 Å². The minimum Gasteiger partial charge on any atom is -0.414 e. The first-order valence-electron chi connectivity index (χ1n) is 8.23. The highest BCUT2D eigenvalue weighted by molar-refractivity contribution is 6.74. The highest BCUT2D eigenvalue weighted by Crippen LogP contribution is 2.40. The fourth-order valence-corrected chi connectivity index (χ4v) is 4.16. The van der Waals surface area contributed by atoms with Crippen molar-refractivity contribution in [3.05, 3.63) is 0 Å². The van der Waals surface area contributed by atoms with Gasteiger partial charge >= 0.3 is 0 Å². The van der Waals surface area contributed by atoms with Gasteiger partial charge in [-0.15, -0.1) is 0 Å². The summed E-state index contributed by atoms with van der Waals surface area (Å²) in [7, 11) is -1.64. The average molecular weight is 301 g/mol. The SMILES string of the molecule is CC(C)(C)[Si](C)(C)OC1CCC(OC2CCCCO2)C1. The van der Waals surface area contributed by atoms with Crippen LogP contribution in [0.1, 0.15) is 59.3 Å². The summed E-state index contributed by atoms with van der Waals surface area (Å²) in [5.74, 6) is 0. The maximum atomic E-state index is 6.50. The van der Waals surface area contributed by atoms with E-state index in [0.717, 1.165) is 32.3 Å². The lowest BCUT2D eigenvalue weighted by Crippen LogP contribution is -2.43. The largest absolute Gasteiger partial charge is 0.414 e. The Morgan fingerprint density at radius 2 is 1.70 bits per heavy atom. The minimum absolute atomic E-state index is 0.0420. The molecule has 1 aliphatic carbocycles. The zero-order valence-corrected chi connectivity index (χ0v) is 14.9. The third-order valence-corrected chi connectivity index (χ3v) is 9.62. The Morgan fingerprint density at radius 3 is 2.30 bits per heavy atom. The molecule has 20 heavy (non-hydrogen) atoms. The predicted octanol–water partition coefficient (Wildman–Crippen LogP) is 4.47. The van der Waals surface area contributed by atoms with Crippen LogP contribution in [0.3, 0.4) is 0 Å². The fourth-order valence-electron chi connectivity index (χ4n) is 2.76. The molecule has 0 spiro atoms. The van der Waals surface area contributed by atoms with Gasteiger partial charge in [0.1, 0.15) is 0 Å². The molecule has 2 rings (SSSR count). The van der Waals surface area contributed by atoms with E-state index in [9.17, 15) is 0 Å². The van der Waals surface area contributed by atoms with E-state index in [-0.39, 0.29) is 6.29 Å². The van der Waals surface area contributed by atoms with Gasteiger partial charge in [0, 0.05) is 12.7 Å². The van der Waals surface area contributed by atoms with Crippen molar-refractivity contribution in [3.63, 3.8) is 0 Å². The first-order valence-corrected chi connectivity index (χ1v) is 11.1. The highest BCUT2D eigenvalue weighted by Gasteiger charge is 2.41. The summed E-state index contributed by atoms with van der Waals surface area (Å²) in [5, 5.41) is 0.290. The molecule has 118 valence electrons. The number of rotatable bonds is 4. The molecule has 3 nitrogen and oxygen atoms in total. The highest BCUT2D eigenvalue weighted by atomic mass is 28.4. The molecule has 0 aromatic rings. The fraction of sp³-hybridized carbons (Fsp3) is 1.00. The Hall–Kier alpha value is 0.0969. The van der Waals surface area contributed by atoms with Gasteiger partial charge in [0.2, 0.25) is 0 Å². The molecule has 0 N–H and O–H groups in total. The second kappa shape index (κ2) is 6.47. The van der Waals surface area contributed by atoms with Crippen molar-refractivity contribution in [1.82, 2.24) is 0 Å². The normalized spacial score (nSPS) is 32.5. The third-order valence-electron chi connectivity index (χ3n) is 5.09. The average Bonchev–Trinajstić information content (AvgIpc) is 2.75. The molecule has 0 aromatic heterocycles. The first kappa shape index (κ1) is 16.5. The molecule has 1 heterocycles. The Labute approximate surface area is 125 Å². The van der Waals surface area contributed by atoms with Crippen LogP contribution in [0.25, 0.3) is 0 Å². The van der Waals surface area contributed by atoms with Gasteiger partial charge in [0.25, 0.3) is 0 Å². The van der Waals surface area contributed by atoms with E-state index >= 15 is 0 Å². The van der Waals surface area contributed by atoms with Gasteiger partial charge in [-0.25, -0.2) is 0 Å². The molecule has 3 unspecified atom stereocenters. The number of hydrogen-bond donors (Lipinski definition) is 0. The Balaban J connectivity index is 1.77. The Kier molecular flexibility index (Phi) is 5.33. The van der Waals surface area contributed by atoms with Gasteiger partial charge in [-0.2, -0.15) is 0 Å². The number of hydrogen-bond acceptors (Lipinski definition) is 3. The summed E-state index contributed by atoms with van der Waals surface area (Å²) < 4.78 is 18.3. The molecule has 3 atom stereocenters. The Bertz CT molecular complexity index is 305. The standard InChI is InChI=1S/C16H32O3Si/c1-16(2,3)20(4,5)19-14-10-9-13(12-14)18-15-8-6-7-11-17-15/h13-15H,6-12H2,1-5H3. The van der Waals surface area contributed by atoms with Crippen LogP contribution in [0.4, 0.5) is 0 Å². The number of ether oxygens (including phenoxy) is 2. The maximum absolute atomic E-state index is 6.50. The molecule has 4 heteroatoms. The molecule has 1 saturated heterocycles. The summed E-state index contributed by atoms with van der Waals surface area (Å²) in [5.41, 5.74) is 0. The molecule has 0 amide bonds. The van der Waals surface area contributed by atoms with E-state index in [0.29, 0.717) is 17.2 Å². The van der Waals surface area contributed by atoms with Crippen LogP contribution in [-0.2, 0) is 13.9 Å². The maximum Gasteiger partial charge on any atom is 0.192 e. The van der Waals surface area contributed by atoms with E-state index in [2.05, 4.69) is 33.9 Å². The summed E-state index contributed by atoms with van der Waals surface area (Å²) >= 11 is 0. The van der Waals surface area contributed by atoms with Crippen LogP contribution in [0.15, 0.2) is 0 Å². The summed E-state index contributed by atoms with van der Waals surface area (Å²) in [6.07, 6.45) is 7.57. The lowest BCUT2D eigenvalue weighted by atomic mass is 10.2. The molecule has 0 radical (unpaired) electrons. The smallest absolute Gasteiger partial charge is 0.192 e. The van der Waals surface area contributed by atoms with Crippen LogP contribution in [0.2, 0.25) is 18.1 Å². The van der Waals surface area contributed by atoms with Crippen molar-refractivity contribution in [1.29, 1.82) is 0 Å². The van der Waals surface area contributed by atoms with E-state index < -0.39 is 8.32 Å². The van der Waals surface area contributed by atoms with E-state index in [1.165, 1.54) is 12.8 Å². The van der Waals surface area contributed by atoms with Crippen molar-refractivity contribution in [2.24, 2.45) is 0 Å². The quantitative estimate of drug-likeness (QED) is 0.717. The second-order valence-electron chi connectivity index (χ2n) is 7.87. The van der Waals surface area contributed by atoms with Crippen LogP contribution in [0, 0.1) is 0 Å². The molecule has 0 bridgehead atoms. The monoisotopic (exact) mass is 300 g/mol. The van der Waals surface area contributed by atoms with Crippen LogP contribution in [-0.4, -0.2) is 33.4 Å². The van der Waals surface area contributed by atoms with Crippen molar-refractivity contribution >= 4 is 8.32 Å². The van der Waals surface area contributed by atoms with Crippen LogP contribution in [0.5, 0.6) is 0 Å². The first-order chi connectivity index (χ1) is 9.28. The molecule has 2 aliphatic rings. The zero-order chi connectivity index (χ0) is 14.8. The predicted molar refractivity (Wildman–Crippen MR) is 84.4 cm³/mol. The van der Waals surface area contributed by atoms with Gasteiger partial charge in [0.05, 0.1) is 6.10 Å². The van der Waals surface area contributed by atoms with Crippen molar-refractivity contribution in [2.45, 2.75) is 95.9 Å². The molecule has 1 saturated carbocycles. The van der Waals surface area contributed by atoms with E-state index in [1.807, 2.05) is 0 Å². The summed E-state index contributed by atoms with van der Waals surface area (Å²) in [6, 6.07) is 0. The van der Waals surface area contributed by atoms with Gasteiger partial charge in [-0.1, -0.05) is 20.8 Å². The molecular weight excluding hydrogens is 268 g/mol. The molecule has 0 aromatic carbocycles. The molecular formula is C16H32O3Si. The lowest BCUT2D eigenvalue weighted by Gasteiger charge is -2.38. The lowest BCUT2D eigenvalue weighted by molar-refractivity contribution is -0.187. The van der Waals surface area contributed by atoms with Crippen LogP contribution >= 0.6 is 0 Å². The van der Waals surface area contributed by atoms with Crippen molar-refractivity contribution in [3.8, 4) is 0 Å². The summed E-state index contributed by atoms with van der Waals surface area (Å²) in [4.78, 5) is 0. The van der Waals surface area contributed by atoms with Crippen molar-refractivity contribution < 1.29 is 13.9 Å². The Morgan fingerprint density at radius 1 is 1.00 bits per heavy atom. The molecule has 2 fully saturated rings. The zero-order valence-electron chi connectivity index (χ0n) is 13.9. The van der Waals surface area contributed by atoms with Gasteiger partial charge < -0.3 is 13.9 Å². The minimum atomic E-state index is -1.64. The van der Waals surface area contributed by atoms with Gasteiger partial charge in [-0.05, 0) is 56.7 Å². The van der Waals surface area contributed by atoms with Crippen LogP contribution < -0.4 is 0 Å². The topological polar surface area (TPSA) is 27.7 Å². The molecule has 1 aliphatic heterocycles. The third kappa shape index (κ3) is 4.29. The van der Waals surface area contributed by atoms with Crippen molar-refractivity contribution in [2.75, 3.05) is 6.61 Å². The summed E-state index contributed by atoms with van der Waals surface area (Å²) in [6.45, 7) is 12.5. The second-order valence-corrected chi connectivity index (χ2v) is 12.6.